The van der Waals surface area contributed by atoms with E-state index in [1.807, 2.05) is 18.2 Å². The highest BCUT2D eigenvalue weighted by atomic mass is 79.9. The number of benzene rings is 1. The van der Waals surface area contributed by atoms with Crippen molar-refractivity contribution in [3.63, 3.8) is 0 Å². The molecule has 0 spiro atoms. The first kappa shape index (κ1) is 14.0. The fraction of sp³-hybridized carbons (Fsp3) is 0.438. The van der Waals surface area contributed by atoms with Crippen LogP contribution in [0.15, 0.2) is 34.8 Å². The topological polar surface area (TPSA) is 48.1 Å². The number of rotatable bonds is 3. The summed E-state index contributed by atoms with van der Waals surface area (Å²) in [4.78, 5) is 4.74. The fourth-order valence-corrected chi connectivity index (χ4v) is 3.45. The average Bonchev–Trinajstić information content (AvgIpc) is 2.47. The zero-order valence-corrected chi connectivity index (χ0v) is 13.0. The Hall–Kier alpha value is -0.970. The lowest BCUT2D eigenvalue weighted by Crippen LogP contribution is -2.22. The van der Waals surface area contributed by atoms with E-state index >= 15 is 0 Å². The third kappa shape index (κ3) is 3.03. The second kappa shape index (κ2) is 6.20. The molecule has 0 radical (unpaired) electrons. The molecule has 1 aromatic carbocycles. The van der Waals surface area contributed by atoms with E-state index in [0.717, 1.165) is 53.5 Å². The van der Waals surface area contributed by atoms with Gasteiger partial charge in [-0.25, -0.2) is 4.98 Å². The molecule has 4 heteroatoms. The van der Waals surface area contributed by atoms with Crippen LogP contribution < -0.4 is 5.73 Å². The molecule has 1 aliphatic heterocycles. The van der Waals surface area contributed by atoms with E-state index in [0.29, 0.717) is 5.92 Å². The molecular weight excluding hydrogens is 316 g/mol. The van der Waals surface area contributed by atoms with Crippen molar-refractivity contribution in [3.05, 3.63) is 40.5 Å². The highest BCUT2D eigenvalue weighted by Gasteiger charge is 2.20. The highest BCUT2D eigenvalue weighted by Crippen LogP contribution is 2.30. The van der Waals surface area contributed by atoms with Crippen molar-refractivity contribution < 1.29 is 4.74 Å². The third-order valence-electron chi connectivity index (χ3n) is 3.98. The molecular formula is C16H19BrN2O. The van der Waals surface area contributed by atoms with Gasteiger partial charge in [-0.1, -0.05) is 18.2 Å². The summed E-state index contributed by atoms with van der Waals surface area (Å²) < 4.78 is 6.41. The molecule has 0 aliphatic carbocycles. The maximum absolute atomic E-state index is 6.38. The van der Waals surface area contributed by atoms with Crippen molar-refractivity contribution in [1.82, 2.24) is 4.98 Å². The predicted octanol–water partition coefficient (Wildman–Crippen LogP) is 3.81. The van der Waals surface area contributed by atoms with Crippen molar-refractivity contribution >= 4 is 26.8 Å². The summed E-state index contributed by atoms with van der Waals surface area (Å²) in [6.45, 7) is 1.73. The number of fused-ring (bicyclic) bond motifs is 1. The minimum Gasteiger partial charge on any atom is -0.381 e. The molecule has 106 valence electrons. The zero-order valence-electron chi connectivity index (χ0n) is 11.4. The van der Waals surface area contributed by atoms with Gasteiger partial charge in [0.25, 0.3) is 0 Å². The summed E-state index contributed by atoms with van der Waals surface area (Å²) in [7, 11) is 0. The second-order valence-corrected chi connectivity index (χ2v) is 6.30. The van der Waals surface area contributed by atoms with Gasteiger partial charge < -0.3 is 10.5 Å². The third-order valence-corrected chi connectivity index (χ3v) is 4.62. The molecule has 1 unspecified atom stereocenters. The molecule has 2 aromatic rings. The molecule has 1 aromatic heterocycles. The van der Waals surface area contributed by atoms with Crippen molar-refractivity contribution in [2.45, 2.75) is 25.3 Å². The van der Waals surface area contributed by atoms with Crippen molar-refractivity contribution in [3.8, 4) is 0 Å². The monoisotopic (exact) mass is 334 g/mol. The van der Waals surface area contributed by atoms with Gasteiger partial charge in [0.15, 0.2) is 0 Å². The van der Waals surface area contributed by atoms with Crippen LogP contribution in [-0.2, 0) is 4.74 Å². The molecule has 3 nitrogen and oxygen atoms in total. The van der Waals surface area contributed by atoms with Crippen LogP contribution >= 0.6 is 15.9 Å². The summed E-state index contributed by atoms with van der Waals surface area (Å²) in [5, 5.41) is 1.14. The first-order valence-corrected chi connectivity index (χ1v) is 7.92. The van der Waals surface area contributed by atoms with Crippen LogP contribution in [0.5, 0.6) is 0 Å². The lowest BCUT2D eigenvalue weighted by molar-refractivity contribution is 0.0617. The number of aromatic nitrogens is 1. The van der Waals surface area contributed by atoms with E-state index in [2.05, 4.69) is 28.1 Å². The standard InChI is InChI=1S/C16H19BrN2O/c17-13-10-12-3-1-2-4-15(12)19-16(13)14(18)9-11-5-7-20-8-6-11/h1-4,10-11,14H,5-9,18H2. The normalized spacial score (nSPS) is 18.3. The van der Waals surface area contributed by atoms with Crippen LogP contribution in [0.4, 0.5) is 0 Å². The van der Waals surface area contributed by atoms with Crippen LogP contribution in [0, 0.1) is 5.92 Å². The minimum atomic E-state index is -0.0166. The maximum Gasteiger partial charge on any atom is 0.0720 e. The molecule has 0 bridgehead atoms. The smallest absolute Gasteiger partial charge is 0.0720 e. The minimum absolute atomic E-state index is 0.0166. The quantitative estimate of drug-likeness (QED) is 0.928. The van der Waals surface area contributed by atoms with E-state index in [1.165, 1.54) is 0 Å². The van der Waals surface area contributed by atoms with Crippen LogP contribution in [0.1, 0.15) is 31.0 Å². The summed E-state index contributed by atoms with van der Waals surface area (Å²) in [5.74, 6) is 0.652. The number of halogens is 1. The Morgan fingerprint density at radius 1 is 1.30 bits per heavy atom. The molecule has 2 heterocycles. The van der Waals surface area contributed by atoms with Gasteiger partial charge in [-0.3, -0.25) is 0 Å². The Labute approximate surface area is 127 Å². The number of para-hydroxylation sites is 1. The van der Waals surface area contributed by atoms with E-state index in [-0.39, 0.29) is 6.04 Å². The van der Waals surface area contributed by atoms with Crippen LogP contribution in [-0.4, -0.2) is 18.2 Å². The molecule has 1 atom stereocenters. The van der Waals surface area contributed by atoms with Gasteiger partial charge in [-0.05, 0) is 53.2 Å². The van der Waals surface area contributed by atoms with E-state index in [9.17, 15) is 0 Å². The SMILES string of the molecule is NC(CC1CCOCC1)c1nc2ccccc2cc1Br. The Balaban J connectivity index is 1.82. The van der Waals surface area contributed by atoms with E-state index in [4.69, 9.17) is 15.5 Å². The Bertz CT molecular complexity index is 596. The van der Waals surface area contributed by atoms with Gasteiger partial charge in [0.2, 0.25) is 0 Å². The summed E-state index contributed by atoms with van der Waals surface area (Å²) in [6, 6.07) is 10.2. The van der Waals surface area contributed by atoms with E-state index in [1.54, 1.807) is 0 Å². The van der Waals surface area contributed by atoms with Gasteiger partial charge in [-0.15, -0.1) is 0 Å². The van der Waals surface area contributed by atoms with Gasteiger partial charge in [0.05, 0.1) is 11.2 Å². The Morgan fingerprint density at radius 2 is 2.05 bits per heavy atom. The molecule has 2 N–H and O–H groups in total. The summed E-state index contributed by atoms with van der Waals surface area (Å²) in [6.07, 6.45) is 3.20. The number of ether oxygens (including phenoxy) is 1. The van der Waals surface area contributed by atoms with Gasteiger partial charge in [0.1, 0.15) is 0 Å². The Morgan fingerprint density at radius 3 is 2.85 bits per heavy atom. The van der Waals surface area contributed by atoms with E-state index < -0.39 is 0 Å². The Kier molecular flexibility index (Phi) is 4.34. The molecule has 1 aliphatic rings. The molecule has 1 saturated heterocycles. The largest absolute Gasteiger partial charge is 0.381 e. The maximum atomic E-state index is 6.38. The molecule has 0 amide bonds. The highest BCUT2D eigenvalue weighted by molar-refractivity contribution is 9.10. The van der Waals surface area contributed by atoms with Gasteiger partial charge in [0, 0.05) is 29.1 Å². The van der Waals surface area contributed by atoms with Crippen LogP contribution in [0.2, 0.25) is 0 Å². The molecule has 3 rings (SSSR count). The first-order chi connectivity index (χ1) is 9.74. The van der Waals surface area contributed by atoms with Crippen molar-refractivity contribution in [1.29, 1.82) is 0 Å². The molecule has 0 saturated carbocycles. The zero-order chi connectivity index (χ0) is 13.9. The van der Waals surface area contributed by atoms with Crippen LogP contribution in [0.25, 0.3) is 10.9 Å². The van der Waals surface area contributed by atoms with Crippen molar-refractivity contribution in [2.24, 2.45) is 11.7 Å². The molecule has 1 fully saturated rings. The molecule has 20 heavy (non-hydrogen) atoms. The summed E-state index contributed by atoms with van der Waals surface area (Å²) in [5.41, 5.74) is 8.36. The second-order valence-electron chi connectivity index (χ2n) is 5.45. The average molecular weight is 335 g/mol. The van der Waals surface area contributed by atoms with Gasteiger partial charge in [-0.2, -0.15) is 0 Å². The number of nitrogens with two attached hydrogens (primary N) is 1. The number of hydrogen-bond donors (Lipinski definition) is 1. The fourth-order valence-electron chi connectivity index (χ4n) is 2.82. The summed E-state index contributed by atoms with van der Waals surface area (Å²) >= 11 is 3.62. The number of pyridine rings is 1. The van der Waals surface area contributed by atoms with Crippen molar-refractivity contribution in [2.75, 3.05) is 13.2 Å². The van der Waals surface area contributed by atoms with Crippen LogP contribution in [0.3, 0.4) is 0 Å². The lowest BCUT2D eigenvalue weighted by Gasteiger charge is -2.25. The number of nitrogens with zero attached hydrogens (tertiary/aromatic N) is 1. The first-order valence-electron chi connectivity index (χ1n) is 7.12. The van der Waals surface area contributed by atoms with Gasteiger partial charge >= 0.3 is 0 Å². The predicted molar refractivity (Wildman–Crippen MR) is 84.5 cm³/mol. The lowest BCUT2D eigenvalue weighted by atomic mass is 9.91. The number of hydrogen-bond acceptors (Lipinski definition) is 3.